The molecule has 0 unspecified atom stereocenters. The number of anilines is 1. The van der Waals surface area contributed by atoms with Crippen molar-refractivity contribution in [2.45, 2.75) is 26.2 Å². The molecule has 0 saturated carbocycles. The number of carbonyl (C=O) groups is 1. The third kappa shape index (κ3) is 3.01. The second-order valence-corrected chi connectivity index (χ2v) is 5.83. The summed E-state index contributed by atoms with van der Waals surface area (Å²) in [7, 11) is 0. The van der Waals surface area contributed by atoms with Crippen LogP contribution in [0.5, 0.6) is 0 Å². The van der Waals surface area contributed by atoms with Gasteiger partial charge >= 0.3 is 0 Å². The van der Waals surface area contributed by atoms with Crippen LogP contribution in [-0.2, 0) is 0 Å². The van der Waals surface area contributed by atoms with Crippen molar-refractivity contribution < 1.29 is 4.79 Å². The molecule has 0 aliphatic heterocycles. The molecule has 3 N–H and O–H groups in total. The molecule has 0 aliphatic carbocycles. The van der Waals surface area contributed by atoms with Crippen molar-refractivity contribution in [1.82, 2.24) is 5.32 Å². The molecule has 1 amide bonds. The second kappa shape index (κ2) is 6.26. The lowest BCUT2D eigenvalue weighted by atomic mass is 10.2. The Labute approximate surface area is 121 Å². The van der Waals surface area contributed by atoms with E-state index in [1.165, 1.54) is 11.3 Å². The fourth-order valence-electron chi connectivity index (χ4n) is 1.91. The van der Waals surface area contributed by atoms with Gasteiger partial charge in [-0.25, -0.2) is 0 Å². The molecule has 1 heterocycles. The Bertz CT molecular complexity index is 594. The molecule has 102 valence electrons. The standard InChI is InChI=1S/C14H17ClN2OS/c1-2-3-4-8-17-14(18)13-11(15)9-6-5-7-10(16)12(9)19-13/h5-7H,2-4,8,16H2,1H3,(H,17,18). The zero-order chi connectivity index (χ0) is 13.8. The quantitative estimate of drug-likeness (QED) is 0.646. The van der Waals surface area contributed by atoms with Crippen LogP contribution in [0.4, 0.5) is 5.69 Å². The number of rotatable bonds is 5. The van der Waals surface area contributed by atoms with Crippen LogP contribution in [-0.4, -0.2) is 12.5 Å². The molecule has 5 heteroatoms. The average molecular weight is 297 g/mol. The summed E-state index contributed by atoms with van der Waals surface area (Å²) >= 11 is 7.61. The van der Waals surface area contributed by atoms with E-state index in [4.69, 9.17) is 17.3 Å². The van der Waals surface area contributed by atoms with Gasteiger partial charge in [0.1, 0.15) is 4.88 Å². The molecule has 19 heavy (non-hydrogen) atoms. The number of hydrogen-bond acceptors (Lipinski definition) is 3. The summed E-state index contributed by atoms with van der Waals surface area (Å²) in [4.78, 5) is 12.6. The Balaban J connectivity index is 2.18. The molecule has 0 bridgehead atoms. The van der Waals surface area contributed by atoms with Crippen LogP contribution in [0.1, 0.15) is 35.9 Å². The first kappa shape index (κ1) is 14.2. The van der Waals surface area contributed by atoms with E-state index in [-0.39, 0.29) is 5.91 Å². The van der Waals surface area contributed by atoms with Gasteiger partial charge in [0.25, 0.3) is 5.91 Å². The number of nitrogens with one attached hydrogen (secondary N) is 1. The van der Waals surface area contributed by atoms with Crippen LogP contribution in [0, 0.1) is 0 Å². The van der Waals surface area contributed by atoms with Gasteiger partial charge in [-0.1, -0.05) is 43.5 Å². The van der Waals surface area contributed by atoms with Crippen molar-refractivity contribution >= 4 is 44.6 Å². The van der Waals surface area contributed by atoms with Gasteiger partial charge in [0.15, 0.2) is 0 Å². The molecule has 2 rings (SSSR count). The van der Waals surface area contributed by atoms with E-state index < -0.39 is 0 Å². The lowest BCUT2D eigenvalue weighted by Gasteiger charge is -2.02. The molecule has 0 radical (unpaired) electrons. The first-order valence-electron chi connectivity index (χ1n) is 6.39. The van der Waals surface area contributed by atoms with Gasteiger partial charge in [-0.2, -0.15) is 0 Å². The number of fused-ring (bicyclic) bond motifs is 1. The second-order valence-electron chi connectivity index (χ2n) is 4.43. The highest BCUT2D eigenvalue weighted by Crippen LogP contribution is 2.38. The van der Waals surface area contributed by atoms with Crippen LogP contribution in [0.25, 0.3) is 10.1 Å². The molecule has 2 aromatic rings. The minimum Gasteiger partial charge on any atom is -0.398 e. The summed E-state index contributed by atoms with van der Waals surface area (Å²) in [5, 5.41) is 4.25. The van der Waals surface area contributed by atoms with E-state index in [0.717, 1.165) is 29.3 Å². The number of carbonyl (C=O) groups excluding carboxylic acids is 1. The van der Waals surface area contributed by atoms with Crippen molar-refractivity contribution in [2.75, 3.05) is 12.3 Å². The Morgan fingerprint density at radius 1 is 1.42 bits per heavy atom. The highest BCUT2D eigenvalue weighted by atomic mass is 35.5. The number of nitrogens with two attached hydrogens (primary N) is 1. The molecule has 1 aromatic carbocycles. The number of nitrogen functional groups attached to an aromatic ring is 1. The van der Waals surface area contributed by atoms with Crippen molar-refractivity contribution in [1.29, 1.82) is 0 Å². The molecule has 3 nitrogen and oxygen atoms in total. The van der Waals surface area contributed by atoms with Gasteiger partial charge in [0, 0.05) is 17.6 Å². The molecule has 0 atom stereocenters. The largest absolute Gasteiger partial charge is 0.398 e. The van der Waals surface area contributed by atoms with Gasteiger partial charge < -0.3 is 11.1 Å². The van der Waals surface area contributed by atoms with Crippen LogP contribution in [0.2, 0.25) is 5.02 Å². The molecular formula is C14H17ClN2OS. The van der Waals surface area contributed by atoms with Crippen molar-refractivity contribution in [2.24, 2.45) is 0 Å². The predicted octanol–water partition coefficient (Wildman–Crippen LogP) is 4.06. The first-order chi connectivity index (χ1) is 9.15. The maximum Gasteiger partial charge on any atom is 0.262 e. The summed E-state index contributed by atoms with van der Waals surface area (Å²) in [6.07, 6.45) is 3.25. The topological polar surface area (TPSA) is 55.1 Å². The summed E-state index contributed by atoms with van der Waals surface area (Å²) in [6, 6.07) is 5.55. The van der Waals surface area contributed by atoms with E-state index in [1.807, 2.05) is 18.2 Å². The number of benzene rings is 1. The number of unbranched alkanes of at least 4 members (excludes halogenated alkanes) is 2. The third-order valence-corrected chi connectivity index (χ3v) is 4.72. The number of amides is 1. The van der Waals surface area contributed by atoms with Crippen molar-refractivity contribution in [3.8, 4) is 0 Å². The number of halogens is 1. The monoisotopic (exact) mass is 296 g/mol. The number of thiophene rings is 1. The summed E-state index contributed by atoms with van der Waals surface area (Å²) in [6.45, 7) is 2.82. The minimum atomic E-state index is -0.110. The van der Waals surface area contributed by atoms with E-state index in [0.29, 0.717) is 22.1 Å². The van der Waals surface area contributed by atoms with Gasteiger partial charge in [-0.15, -0.1) is 11.3 Å². The van der Waals surface area contributed by atoms with Gasteiger partial charge in [-0.3, -0.25) is 4.79 Å². The van der Waals surface area contributed by atoms with Crippen LogP contribution in [0.3, 0.4) is 0 Å². The molecule has 0 saturated heterocycles. The number of hydrogen-bond donors (Lipinski definition) is 2. The van der Waals surface area contributed by atoms with E-state index in [9.17, 15) is 4.79 Å². The van der Waals surface area contributed by atoms with Crippen LogP contribution in [0.15, 0.2) is 18.2 Å². The highest BCUT2D eigenvalue weighted by Gasteiger charge is 2.17. The van der Waals surface area contributed by atoms with Crippen LogP contribution >= 0.6 is 22.9 Å². The van der Waals surface area contributed by atoms with Crippen molar-refractivity contribution in [3.05, 3.63) is 28.1 Å². The van der Waals surface area contributed by atoms with Gasteiger partial charge in [-0.05, 0) is 12.5 Å². The SMILES string of the molecule is CCCCCNC(=O)c1sc2c(N)cccc2c1Cl. The fourth-order valence-corrected chi connectivity index (χ4v) is 3.36. The first-order valence-corrected chi connectivity index (χ1v) is 7.59. The summed E-state index contributed by atoms with van der Waals surface area (Å²) in [5.41, 5.74) is 6.56. The maximum atomic E-state index is 12.1. The molecule has 0 spiro atoms. The maximum absolute atomic E-state index is 12.1. The average Bonchev–Trinajstić information content (AvgIpc) is 2.74. The Hall–Kier alpha value is -1.26. The predicted molar refractivity (Wildman–Crippen MR) is 83.1 cm³/mol. The summed E-state index contributed by atoms with van der Waals surface area (Å²) < 4.78 is 0.881. The highest BCUT2D eigenvalue weighted by molar-refractivity contribution is 7.22. The molecular weight excluding hydrogens is 280 g/mol. The summed E-state index contributed by atoms with van der Waals surface area (Å²) in [5.74, 6) is -0.110. The Morgan fingerprint density at radius 3 is 2.89 bits per heavy atom. The fraction of sp³-hybridized carbons (Fsp3) is 0.357. The normalized spacial score (nSPS) is 10.8. The molecule has 1 aromatic heterocycles. The Morgan fingerprint density at radius 2 is 2.21 bits per heavy atom. The lowest BCUT2D eigenvalue weighted by molar-refractivity contribution is 0.0957. The zero-order valence-electron chi connectivity index (χ0n) is 10.8. The van der Waals surface area contributed by atoms with E-state index >= 15 is 0 Å². The van der Waals surface area contributed by atoms with E-state index in [1.54, 1.807) is 0 Å². The van der Waals surface area contributed by atoms with Crippen LogP contribution < -0.4 is 11.1 Å². The third-order valence-electron chi connectivity index (χ3n) is 2.96. The smallest absolute Gasteiger partial charge is 0.262 e. The molecule has 0 aliphatic rings. The zero-order valence-corrected chi connectivity index (χ0v) is 12.4. The van der Waals surface area contributed by atoms with E-state index in [2.05, 4.69) is 12.2 Å². The minimum absolute atomic E-state index is 0.110. The lowest BCUT2D eigenvalue weighted by Crippen LogP contribution is -2.23. The molecule has 0 fully saturated rings. The Kier molecular flexibility index (Phi) is 4.66. The van der Waals surface area contributed by atoms with Gasteiger partial charge in [0.05, 0.1) is 9.72 Å². The van der Waals surface area contributed by atoms with Gasteiger partial charge in [0.2, 0.25) is 0 Å². The van der Waals surface area contributed by atoms with Crippen molar-refractivity contribution in [3.63, 3.8) is 0 Å².